The molecule has 0 bridgehead atoms. The van der Waals surface area contributed by atoms with E-state index in [1.54, 1.807) is 30.3 Å². The third kappa shape index (κ3) is 6.97. The second kappa shape index (κ2) is 11.5. The molecule has 0 saturated carbocycles. The van der Waals surface area contributed by atoms with Gasteiger partial charge in [0.2, 0.25) is 0 Å². The minimum Gasteiger partial charge on any atom is -0.455 e. The number of esters is 1. The quantitative estimate of drug-likeness (QED) is 0.572. The molecule has 0 spiro atoms. The van der Waals surface area contributed by atoms with Gasteiger partial charge in [0.25, 0.3) is 5.91 Å². The number of hydrogen-bond donors (Lipinski definition) is 2. The lowest BCUT2D eigenvalue weighted by Crippen LogP contribution is -2.37. The monoisotopic (exact) mass is 446 g/mol. The van der Waals surface area contributed by atoms with Crippen LogP contribution in [-0.4, -0.2) is 31.1 Å². The van der Waals surface area contributed by atoms with E-state index in [-0.39, 0.29) is 25.1 Å². The van der Waals surface area contributed by atoms with Crippen LogP contribution in [0.1, 0.15) is 24.4 Å². The lowest BCUT2D eigenvalue weighted by atomic mass is 10.0. The van der Waals surface area contributed by atoms with Crippen molar-refractivity contribution in [1.82, 2.24) is 5.32 Å². The number of nitrogens with two attached hydrogens (primary N) is 1. The van der Waals surface area contributed by atoms with Crippen LogP contribution in [-0.2, 0) is 14.3 Å². The van der Waals surface area contributed by atoms with E-state index in [1.807, 2.05) is 6.07 Å². The molecule has 0 unspecified atom stereocenters. The molecule has 162 valence electrons. The summed E-state index contributed by atoms with van der Waals surface area (Å²) in [5.41, 5.74) is 5.60. The number of para-hydroxylation sites is 1. The summed E-state index contributed by atoms with van der Waals surface area (Å²) in [5.74, 6) is -2.16. The molecule has 2 aromatic rings. The molecule has 8 nitrogen and oxygen atoms in total. The lowest BCUT2D eigenvalue weighted by Gasteiger charge is -2.22. The number of rotatable bonds is 9. The molecule has 0 aliphatic carbocycles. The van der Waals surface area contributed by atoms with Gasteiger partial charge in [-0.2, -0.15) is 5.26 Å². The number of primary amides is 1. The van der Waals surface area contributed by atoms with Crippen LogP contribution in [0.2, 0.25) is 5.02 Å². The summed E-state index contributed by atoms with van der Waals surface area (Å²) in [6.45, 7) is -0.746. The fourth-order valence-electron chi connectivity index (χ4n) is 2.83. The van der Waals surface area contributed by atoms with E-state index in [0.29, 0.717) is 10.6 Å². The first-order valence-corrected chi connectivity index (χ1v) is 9.59. The molecule has 3 amide bonds. The maximum absolute atomic E-state index is 14.1. The second-order valence-electron chi connectivity index (χ2n) is 6.35. The summed E-state index contributed by atoms with van der Waals surface area (Å²) in [6.07, 6.45) is -0.372. The highest BCUT2D eigenvalue weighted by molar-refractivity contribution is 6.31. The molecule has 0 saturated heterocycles. The average Bonchev–Trinajstić information content (AvgIpc) is 2.73. The van der Waals surface area contributed by atoms with Gasteiger partial charge >= 0.3 is 12.0 Å². The van der Waals surface area contributed by atoms with Crippen LogP contribution < -0.4 is 16.0 Å². The summed E-state index contributed by atoms with van der Waals surface area (Å²) >= 11 is 6.12. The molecule has 0 aliphatic rings. The zero-order chi connectivity index (χ0) is 22.8. The van der Waals surface area contributed by atoms with E-state index in [4.69, 9.17) is 27.3 Å². The molecule has 31 heavy (non-hydrogen) atoms. The van der Waals surface area contributed by atoms with Crippen molar-refractivity contribution < 1.29 is 23.5 Å². The van der Waals surface area contributed by atoms with Gasteiger partial charge in [-0.25, -0.2) is 9.18 Å². The number of anilines is 1. The van der Waals surface area contributed by atoms with Crippen LogP contribution in [0.5, 0.6) is 0 Å². The van der Waals surface area contributed by atoms with Gasteiger partial charge in [0.05, 0.1) is 30.6 Å². The van der Waals surface area contributed by atoms with Gasteiger partial charge in [-0.15, -0.1) is 0 Å². The van der Waals surface area contributed by atoms with Crippen molar-refractivity contribution in [3.63, 3.8) is 0 Å². The number of halogens is 2. The van der Waals surface area contributed by atoms with Crippen LogP contribution in [0.4, 0.5) is 14.9 Å². The minimum atomic E-state index is -0.866. The molecule has 2 rings (SSSR count). The zero-order valence-electron chi connectivity index (χ0n) is 16.4. The Labute approximate surface area is 183 Å². The summed E-state index contributed by atoms with van der Waals surface area (Å²) in [6, 6.07) is 12.3. The molecule has 10 heteroatoms. The highest BCUT2D eigenvalue weighted by Crippen LogP contribution is 2.25. The SMILES string of the molecule is N#CCCN(C(=O)COC(=O)C[C@@H](NC(N)=O)c1ccccc1Cl)c1ccccc1F. The number of urea groups is 1. The summed E-state index contributed by atoms with van der Waals surface area (Å²) < 4.78 is 19.1. The minimum absolute atomic E-state index is 0.0249. The molecule has 0 heterocycles. The van der Waals surface area contributed by atoms with E-state index < -0.39 is 36.4 Å². The Balaban J connectivity index is 2.07. The number of hydrogen-bond acceptors (Lipinski definition) is 5. The number of nitriles is 1. The highest BCUT2D eigenvalue weighted by Gasteiger charge is 2.23. The van der Waals surface area contributed by atoms with Crippen molar-refractivity contribution in [1.29, 1.82) is 5.26 Å². The Morgan fingerprint density at radius 3 is 2.52 bits per heavy atom. The molecule has 1 atom stereocenters. The normalized spacial score (nSPS) is 11.1. The predicted octanol–water partition coefficient (Wildman–Crippen LogP) is 3.07. The van der Waals surface area contributed by atoms with Crippen molar-refractivity contribution >= 4 is 35.2 Å². The first kappa shape index (κ1) is 23.6. The standard InChI is InChI=1S/C21H20ClFN4O4/c22-15-7-2-1-6-14(15)17(26-21(25)30)12-20(29)31-13-19(28)27(11-5-10-24)18-9-4-3-8-16(18)23/h1-4,6-9,17H,5,11-13H2,(H3,25,26,30)/t17-/m1/s1. The van der Waals surface area contributed by atoms with Crippen molar-refractivity contribution in [2.75, 3.05) is 18.1 Å². The van der Waals surface area contributed by atoms with Crippen LogP contribution in [0.15, 0.2) is 48.5 Å². The maximum atomic E-state index is 14.1. The van der Waals surface area contributed by atoms with E-state index in [1.165, 1.54) is 18.2 Å². The fraction of sp³-hybridized carbons (Fsp3) is 0.238. The van der Waals surface area contributed by atoms with Crippen LogP contribution in [0, 0.1) is 17.1 Å². The maximum Gasteiger partial charge on any atom is 0.312 e. The van der Waals surface area contributed by atoms with Gasteiger partial charge in [0.1, 0.15) is 5.82 Å². The molecular formula is C21H20ClFN4O4. The molecular weight excluding hydrogens is 427 g/mol. The predicted molar refractivity (Wildman–Crippen MR) is 111 cm³/mol. The number of amides is 3. The van der Waals surface area contributed by atoms with Gasteiger partial charge in [0.15, 0.2) is 6.61 Å². The molecule has 0 fully saturated rings. The van der Waals surface area contributed by atoms with Gasteiger partial charge in [0, 0.05) is 11.6 Å². The molecule has 3 N–H and O–H groups in total. The third-order valence-corrected chi connectivity index (χ3v) is 4.56. The fourth-order valence-corrected chi connectivity index (χ4v) is 3.09. The molecule has 0 radical (unpaired) electrons. The Bertz CT molecular complexity index is 995. The van der Waals surface area contributed by atoms with E-state index in [0.717, 1.165) is 4.90 Å². The highest BCUT2D eigenvalue weighted by atomic mass is 35.5. The van der Waals surface area contributed by atoms with Crippen molar-refractivity contribution in [3.8, 4) is 6.07 Å². The number of benzene rings is 2. The van der Waals surface area contributed by atoms with Crippen molar-refractivity contribution in [2.45, 2.75) is 18.9 Å². The number of nitrogens with zero attached hydrogens (tertiary/aromatic N) is 2. The Morgan fingerprint density at radius 2 is 1.87 bits per heavy atom. The topological polar surface area (TPSA) is 126 Å². The van der Waals surface area contributed by atoms with Gasteiger partial charge < -0.3 is 20.7 Å². The van der Waals surface area contributed by atoms with Crippen molar-refractivity contribution in [3.05, 3.63) is 64.9 Å². The number of carbonyl (C=O) groups excluding carboxylic acids is 3. The summed E-state index contributed by atoms with van der Waals surface area (Å²) in [5, 5.41) is 11.5. The average molecular weight is 447 g/mol. The first-order valence-electron chi connectivity index (χ1n) is 9.21. The van der Waals surface area contributed by atoms with E-state index >= 15 is 0 Å². The van der Waals surface area contributed by atoms with Crippen LogP contribution in [0.3, 0.4) is 0 Å². The second-order valence-corrected chi connectivity index (χ2v) is 6.76. The number of carbonyl (C=O) groups is 3. The smallest absolute Gasteiger partial charge is 0.312 e. The lowest BCUT2D eigenvalue weighted by molar-refractivity contribution is -0.148. The Morgan fingerprint density at radius 1 is 1.19 bits per heavy atom. The summed E-state index contributed by atoms with van der Waals surface area (Å²) in [4.78, 5) is 37.2. The van der Waals surface area contributed by atoms with Crippen LogP contribution >= 0.6 is 11.6 Å². The molecule has 2 aromatic carbocycles. The largest absolute Gasteiger partial charge is 0.455 e. The van der Waals surface area contributed by atoms with Crippen molar-refractivity contribution in [2.24, 2.45) is 5.73 Å². The van der Waals surface area contributed by atoms with Gasteiger partial charge in [-0.1, -0.05) is 41.9 Å². The summed E-state index contributed by atoms with van der Waals surface area (Å²) in [7, 11) is 0. The third-order valence-electron chi connectivity index (χ3n) is 4.22. The first-order chi connectivity index (χ1) is 14.8. The number of nitrogens with one attached hydrogen (secondary N) is 1. The van der Waals surface area contributed by atoms with Gasteiger partial charge in [-0.05, 0) is 23.8 Å². The molecule has 0 aromatic heterocycles. The van der Waals surface area contributed by atoms with E-state index in [2.05, 4.69) is 5.32 Å². The van der Waals surface area contributed by atoms with Gasteiger partial charge in [-0.3, -0.25) is 9.59 Å². The Kier molecular flexibility index (Phi) is 8.78. The molecule has 0 aliphatic heterocycles. The van der Waals surface area contributed by atoms with Crippen LogP contribution in [0.25, 0.3) is 0 Å². The van der Waals surface area contributed by atoms with E-state index in [9.17, 15) is 18.8 Å². The Hall–Kier alpha value is -3.64. The zero-order valence-corrected chi connectivity index (χ0v) is 17.1. The number of ether oxygens (including phenoxy) is 1.